The van der Waals surface area contributed by atoms with Crippen molar-refractivity contribution in [2.45, 2.75) is 26.8 Å². The molecule has 0 radical (unpaired) electrons. The number of aryl methyl sites for hydroxylation is 1. The maximum absolute atomic E-state index is 11.5. The highest BCUT2D eigenvalue weighted by molar-refractivity contribution is 5.66. The third-order valence-corrected chi connectivity index (χ3v) is 2.01. The predicted molar refractivity (Wildman–Crippen MR) is 50.2 cm³/mol. The van der Waals surface area contributed by atoms with Crippen LogP contribution >= 0.6 is 0 Å². The third-order valence-electron chi connectivity index (χ3n) is 2.01. The summed E-state index contributed by atoms with van der Waals surface area (Å²) < 4.78 is 1.09. The van der Waals surface area contributed by atoms with E-state index in [0.29, 0.717) is 12.0 Å². The minimum Gasteiger partial charge on any atom is -0.480 e. The van der Waals surface area contributed by atoms with E-state index >= 15 is 0 Å². The van der Waals surface area contributed by atoms with Crippen LogP contribution in [0.25, 0.3) is 0 Å². The van der Waals surface area contributed by atoms with Gasteiger partial charge in [0.05, 0.1) is 12.0 Å². The molecule has 0 amide bonds. The van der Waals surface area contributed by atoms with Crippen LogP contribution < -0.4 is 5.56 Å². The molecule has 0 saturated carbocycles. The molecule has 0 aromatic carbocycles. The first kappa shape index (κ1) is 10.4. The Balaban J connectivity index is 3.17. The summed E-state index contributed by atoms with van der Waals surface area (Å²) in [6, 6.07) is 0. The van der Waals surface area contributed by atoms with E-state index in [1.165, 1.54) is 6.33 Å². The second kappa shape index (κ2) is 4.04. The van der Waals surface area contributed by atoms with Gasteiger partial charge in [0.2, 0.25) is 0 Å². The second-order valence-electron chi connectivity index (χ2n) is 3.00. The number of carboxylic acid groups (broad SMARTS) is 1. The van der Waals surface area contributed by atoms with Crippen molar-refractivity contribution >= 4 is 5.97 Å². The van der Waals surface area contributed by atoms with Gasteiger partial charge in [-0.05, 0) is 13.3 Å². The molecule has 0 saturated heterocycles. The van der Waals surface area contributed by atoms with Crippen molar-refractivity contribution < 1.29 is 9.90 Å². The summed E-state index contributed by atoms with van der Waals surface area (Å²) in [7, 11) is 0. The van der Waals surface area contributed by atoms with Gasteiger partial charge in [-0.1, -0.05) is 6.92 Å². The van der Waals surface area contributed by atoms with Crippen LogP contribution in [-0.4, -0.2) is 20.6 Å². The smallest absolute Gasteiger partial charge is 0.323 e. The topological polar surface area (TPSA) is 72.2 Å². The van der Waals surface area contributed by atoms with Crippen molar-refractivity contribution in [1.82, 2.24) is 9.55 Å². The van der Waals surface area contributed by atoms with E-state index in [-0.39, 0.29) is 12.1 Å². The molecule has 1 aromatic heterocycles. The van der Waals surface area contributed by atoms with Gasteiger partial charge in [0.1, 0.15) is 6.54 Å². The summed E-state index contributed by atoms with van der Waals surface area (Å²) in [6.07, 6.45) is 1.96. The van der Waals surface area contributed by atoms with Crippen LogP contribution in [0, 0.1) is 6.92 Å². The second-order valence-corrected chi connectivity index (χ2v) is 3.00. The fourth-order valence-corrected chi connectivity index (χ4v) is 1.24. The van der Waals surface area contributed by atoms with Gasteiger partial charge in [-0.2, -0.15) is 0 Å². The lowest BCUT2D eigenvalue weighted by Gasteiger charge is -2.05. The monoisotopic (exact) mass is 196 g/mol. The van der Waals surface area contributed by atoms with E-state index in [2.05, 4.69) is 4.98 Å². The molecule has 0 unspecified atom stereocenters. The number of carboxylic acids is 1. The molecule has 0 aliphatic carbocycles. The first-order valence-corrected chi connectivity index (χ1v) is 4.33. The molecule has 1 heterocycles. The highest BCUT2D eigenvalue weighted by atomic mass is 16.4. The lowest BCUT2D eigenvalue weighted by molar-refractivity contribution is -0.137. The van der Waals surface area contributed by atoms with E-state index in [0.717, 1.165) is 10.3 Å². The maximum atomic E-state index is 11.5. The largest absolute Gasteiger partial charge is 0.480 e. The van der Waals surface area contributed by atoms with Crippen molar-refractivity contribution in [2.24, 2.45) is 0 Å². The number of aromatic nitrogens is 2. The Kier molecular flexibility index (Phi) is 3.01. The van der Waals surface area contributed by atoms with Crippen LogP contribution in [0.3, 0.4) is 0 Å². The predicted octanol–water partition coefficient (Wildman–Crippen LogP) is 0.199. The van der Waals surface area contributed by atoms with Gasteiger partial charge in [0.15, 0.2) is 0 Å². The summed E-state index contributed by atoms with van der Waals surface area (Å²) in [6.45, 7) is 3.22. The van der Waals surface area contributed by atoms with E-state index in [1.807, 2.05) is 6.92 Å². The summed E-state index contributed by atoms with van der Waals surface area (Å²) in [5.41, 5.74) is 0.965. The zero-order chi connectivity index (χ0) is 10.7. The van der Waals surface area contributed by atoms with E-state index < -0.39 is 5.97 Å². The first-order chi connectivity index (χ1) is 6.56. The number of hydrogen-bond acceptors (Lipinski definition) is 3. The fraction of sp³-hybridized carbons (Fsp3) is 0.444. The maximum Gasteiger partial charge on any atom is 0.323 e. The minimum atomic E-state index is -1.04. The highest BCUT2D eigenvalue weighted by Crippen LogP contribution is 1.98. The van der Waals surface area contributed by atoms with Gasteiger partial charge >= 0.3 is 5.97 Å². The first-order valence-electron chi connectivity index (χ1n) is 4.33. The minimum absolute atomic E-state index is 0.278. The van der Waals surface area contributed by atoms with Gasteiger partial charge in [0, 0.05) is 5.56 Å². The lowest BCUT2D eigenvalue weighted by Crippen LogP contribution is -2.27. The Morgan fingerprint density at radius 3 is 2.79 bits per heavy atom. The van der Waals surface area contributed by atoms with Gasteiger partial charge in [-0.15, -0.1) is 0 Å². The molecule has 1 aromatic rings. The zero-order valence-corrected chi connectivity index (χ0v) is 8.15. The fourth-order valence-electron chi connectivity index (χ4n) is 1.24. The molecule has 0 aliphatic heterocycles. The molecule has 0 fully saturated rings. The summed E-state index contributed by atoms with van der Waals surface area (Å²) in [5, 5.41) is 8.52. The number of rotatable bonds is 3. The van der Waals surface area contributed by atoms with E-state index in [9.17, 15) is 9.59 Å². The highest BCUT2D eigenvalue weighted by Gasteiger charge is 2.07. The van der Waals surface area contributed by atoms with Crippen LogP contribution in [-0.2, 0) is 17.8 Å². The van der Waals surface area contributed by atoms with Crippen LogP contribution in [0.1, 0.15) is 18.2 Å². The Hall–Kier alpha value is -1.65. The van der Waals surface area contributed by atoms with E-state index in [4.69, 9.17) is 5.11 Å². The summed E-state index contributed by atoms with van der Waals surface area (Å²) in [5.74, 6) is -1.04. The molecule has 76 valence electrons. The molecule has 5 nitrogen and oxygen atoms in total. The summed E-state index contributed by atoms with van der Waals surface area (Å²) in [4.78, 5) is 26.0. The molecular formula is C9H12N2O3. The van der Waals surface area contributed by atoms with Crippen LogP contribution in [0.15, 0.2) is 11.1 Å². The number of aliphatic carboxylic acids is 1. The molecule has 14 heavy (non-hydrogen) atoms. The number of carbonyl (C=O) groups is 1. The number of nitrogens with zero attached hydrogens (tertiary/aromatic N) is 2. The van der Waals surface area contributed by atoms with Crippen LogP contribution in [0.5, 0.6) is 0 Å². The average molecular weight is 196 g/mol. The van der Waals surface area contributed by atoms with Crippen molar-refractivity contribution in [1.29, 1.82) is 0 Å². The Morgan fingerprint density at radius 2 is 2.29 bits per heavy atom. The number of hydrogen-bond donors (Lipinski definition) is 1. The molecule has 5 heteroatoms. The SMILES string of the molecule is CCc1ncn(CC(=O)O)c(=O)c1C. The van der Waals surface area contributed by atoms with E-state index in [1.54, 1.807) is 6.92 Å². The van der Waals surface area contributed by atoms with Crippen LogP contribution in [0.2, 0.25) is 0 Å². The van der Waals surface area contributed by atoms with Crippen molar-refractivity contribution in [3.05, 3.63) is 27.9 Å². The molecule has 1 rings (SSSR count). The Labute approximate surface area is 81.0 Å². The van der Waals surface area contributed by atoms with Crippen molar-refractivity contribution in [2.75, 3.05) is 0 Å². The lowest BCUT2D eigenvalue weighted by atomic mass is 10.2. The molecular weight excluding hydrogens is 184 g/mol. The molecule has 0 spiro atoms. The molecule has 0 bridgehead atoms. The van der Waals surface area contributed by atoms with Crippen molar-refractivity contribution in [3.8, 4) is 0 Å². The van der Waals surface area contributed by atoms with Gasteiger partial charge in [0.25, 0.3) is 5.56 Å². The Morgan fingerprint density at radius 1 is 1.64 bits per heavy atom. The Bertz CT molecular complexity index is 409. The molecule has 1 N–H and O–H groups in total. The van der Waals surface area contributed by atoms with Gasteiger partial charge in [-0.3, -0.25) is 14.2 Å². The molecule has 0 atom stereocenters. The van der Waals surface area contributed by atoms with Gasteiger partial charge in [-0.25, -0.2) is 4.98 Å². The van der Waals surface area contributed by atoms with Crippen molar-refractivity contribution in [3.63, 3.8) is 0 Å². The molecule has 0 aliphatic rings. The summed E-state index contributed by atoms with van der Waals surface area (Å²) >= 11 is 0. The van der Waals surface area contributed by atoms with Crippen LogP contribution in [0.4, 0.5) is 0 Å². The average Bonchev–Trinajstić information content (AvgIpc) is 2.13. The van der Waals surface area contributed by atoms with Gasteiger partial charge < -0.3 is 5.11 Å². The zero-order valence-electron chi connectivity index (χ0n) is 8.15. The quantitative estimate of drug-likeness (QED) is 0.749. The third kappa shape index (κ3) is 1.99. The normalized spacial score (nSPS) is 10.1. The standard InChI is InChI=1S/C9H12N2O3/c1-3-7-6(2)9(14)11(5-10-7)4-8(12)13/h5H,3-4H2,1-2H3,(H,12,13).